The molecule has 0 aromatic carbocycles. The van der Waals surface area contributed by atoms with Crippen LogP contribution in [-0.4, -0.2) is 24.4 Å². The molecule has 0 aliphatic carbocycles. The first-order chi connectivity index (χ1) is 3.66. The van der Waals surface area contributed by atoms with Crippen molar-refractivity contribution in [2.24, 2.45) is 0 Å². The predicted octanol–water partition coefficient (Wildman–Crippen LogP) is 0.564. The summed E-state index contributed by atoms with van der Waals surface area (Å²) < 4.78 is 10.4. The van der Waals surface area contributed by atoms with Crippen molar-refractivity contribution in [1.29, 1.82) is 0 Å². The summed E-state index contributed by atoms with van der Waals surface area (Å²) in [5, 5.41) is 0. The fourth-order valence-corrected chi connectivity index (χ4v) is 0.827. The number of hydrogen-bond acceptors (Lipinski definition) is 2. The van der Waals surface area contributed by atoms with Crippen molar-refractivity contribution in [2.75, 3.05) is 13.2 Å². The van der Waals surface area contributed by atoms with Crippen LogP contribution in [0.1, 0.15) is 13.8 Å². The Bertz CT molecular complexity index is 106. The summed E-state index contributed by atoms with van der Waals surface area (Å²) in [6.45, 7) is 5.95. The zero-order chi connectivity index (χ0) is 5.83. The lowest BCUT2D eigenvalue weighted by Crippen LogP contribution is -2.26. The lowest BCUT2D eigenvalue weighted by atomic mass is 9.98. The van der Waals surface area contributed by atoms with Crippen molar-refractivity contribution in [1.82, 2.24) is 0 Å². The first-order valence-electron chi connectivity index (χ1n) is 2.94. The lowest BCUT2D eigenvalue weighted by Gasteiger charge is -2.07. The van der Waals surface area contributed by atoms with Crippen LogP contribution in [0.25, 0.3) is 0 Å². The highest BCUT2D eigenvalue weighted by atomic mass is 16.7. The van der Waals surface area contributed by atoms with Crippen LogP contribution >= 0.6 is 0 Å². The molecule has 2 atom stereocenters. The molecule has 2 saturated heterocycles. The minimum atomic E-state index is 0.0764. The number of hydrogen-bond donors (Lipinski definition) is 0. The van der Waals surface area contributed by atoms with Crippen LogP contribution in [0, 0.1) is 0 Å². The Morgan fingerprint density at radius 1 is 1.00 bits per heavy atom. The third-order valence-corrected chi connectivity index (χ3v) is 2.27. The van der Waals surface area contributed by atoms with Gasteiger partial charge in [-0.3, -0.25) is 0 Å². The Morgan fingerprint density at radius 2 is 1.25 bits per heavy atom. The highest BCUT2D eigenvalue weighted by molar-refractivity contribution is 5.11. The molecule has 2 unspecified atom stereocenters. The van der Waals surface area contributed by atoms with E-state index in [9.17, 15) is 0 Å². The molecule has 2 nitrogen and oxygen atoms in total. The van der Waals surface area contributed by atoms with Crippen molar-refractivity contribution in [3.05, 3.63) is 0 Å². The van der Waals surface area contributed by atoms with Crippen LogP contribution in [-0.2, 0) is 9.47 Å². The monoisotopic (exact) mass is 114 g/mol. The third-order valence-electron chi connectivity index (χ3n) is 2.27. The van der Waals surface area contributed by atoms with Crippen LogP contribution < -0.4 is 0 Å². The molecule has 2 heterocycles. The Morgan fingerprint density at radius 3 is 1.38 bits per heavy atom. The smallest absolute Gasteiger partial charge is 0.120 e. The van der Waals surface area contributed by atoms with Gasteiger partial charge in [0.2, 0.25) is 0 Å². The molecule has 0 radical (unpaired) electrons. The van der Waals surface area contributed by atoms with Gasteiger partial charge in [-0.15, -0.1) is 0 Å². The largest absolute Gasteiger partial charge is 0.367 e. The summed E-state index contributed by atoms with van der Waals surface area (Å²) >= 11 is 0. The van der Waals surface area contributed by atoms with Crippen molar-refractivity contribution in [2.45, 2.75) is 25.0 Å². The van der Waals surface area contributed by atoms with E-state index in [4.69, 9.17) is 9.47 Å². The summed E-state index contributed by atoms with van der Waals surface area (Å²) in [7, 11) is 0. The zero-order valence-corrected chi connectivity index (χ0v) is 5.23. The molecule has 2 aliphatic heterocycles. The molecule has 2 aliphatic rings. The standard InChI is InChI=1S/C6H10O2/c1-5(3-7-5)6(2)4-8-6/h3-4H2,1-2H3. The third kappa shape index (κ3) is 0.400. The molecule has 2 rings (SSSR count). The van der Waals surface area contributed by atoms with Gasteiger partial charge in [0.25, 0.3) is 0 Å². The van der Waals surface area contributed by atoms with Gasteiger partial charge < -0.3 is 9.47 Å². The fraction of sp³-hybridized carbons (Fsp3) is 1.00. The van der Waals surface area contributed by atoms with Crippen molar-refractivity contribution in [3.8, 4) is 0 Å². The van der Waals surface area contributed by atoms with Gasteiger partial charge >= 0.3 is 0 Å². The van der Waals surface area contributed by atoms with E-state index < -0.39 is 0 Å². The Labute approximate surface area is 48.8 Å². The molecular formula is C6H10O2. The quantitative estimate of drug-likeness (QED) is 0.465. The molecule has 0 aromatic rings. The highest BCUT2D eigenvalue weighted by Crippen LogP contribution is 2.47. The zero-order valence-electron chi connectivity index (χ0n) is 5.23. The average molecular weight is 114 g/mol. The van der Waals surface area contributed by atoms with Gasteiger partial charge in [0.1, 0.15) is 11.2 Å². The summed E-state index contributed by atoms with van der Waals surface area (Å²) in [5.74, 6) is 0. The molecule has 46 valence electrons. The van der Waals surface area contributed by atoms with E-state index in [0.29, 0.717) is 0 Å². The van der Waals surface area contributed by atoms with Crippen LogP contribution in [0.15, 0.2) is 0 Å². The normalized spacial score (nSPS) is 60.8. The van der Waals surface area contributed by atoms with E-state index >= 15 is 0 Å². The van der Waals surface area contributed by atoms with Crippen LogP contribution in [0.2, 0.25) is 0 Å². The van der Waals surface area contributed by atoms with E-state index in [1.807, 2.05) is 0 Å². The maximum absolute atomic E-state index is 5.20. The summed E-state index contributed by atoms with van der Waals surface area (Å²) in [5.41, 5.74) is 0.153. The van der Waals surface area contributed by atoms with Gasteiger partial charge in [-0.1, -0.05) is 0 Å². The second-order valence-corrected chi connectivity index (χ2v) is 3.04. The lowest BCUT2D eigenvalue weighted by molar-refractivity contribution is 0.184. The van der Waals surface area contributed by atoms with E-state index in [1.165, 1.54) is 0 Å². The summed E-state index contributed by atoms with van der Waals surface area (Å²) in [6.07, 6.45) is 0. The molecule has 0 saturated carbocycles. The number of rotatable bonds is 1. The molecule has 0 spiro atoms. The minimum absolute atomic E-state index is 0.0764. The second kappa shape index (κ2) is 0.957. The first kappa shape index (κ1) is 4.77. The highest BCUT2D eigenvalue weighted by Gasteiger charge is 2.63. The first-order valence-corrected chi connectivity index (χ1v) is 2.94. The number of epoxide rings is 2. The molecule has 2 fully saturated rings. The molecule has 0 bridgehead atoms. The van der Waals surface area contributed by atoms with E-state index in [2.05, 4.69) is 13.8 Å². The van der Waals surface area contributed by atoms with E-state index in [1.54, 1.807) is 0 Å². The van der Waals surface area contributed by atoms with Crippen molar-refractivity contribution >= 4 is 0 Å². The summed E-state index contributed by atoms with van der Waals surface area (Å²) in [6, 6.07) is 0. The molecular weight excluding hydrogens is 104 g/mol. The van der Waals surface area contributed by atoms with Crippen molar-refractivity contribution in [3.63, 3.8) is 0 Å². The molecule has 0 N–H and O–H groups in total. The minimum Gasteiger partial charge on any atom is -0.367 e. The SMILES string of the molecule is CC1(C2(C)CO2)CO1. The van der Waals surface area contributed by atoms with Gasteiger partial charge in [-0.25, -0.2) is 0 Å². The van der Waals surface area contributed by atoms with Gasteiger partial charge in [-0.2, -0.15) is 0 Å². The second-order valence-electron chi connectivity index (χ2n) is 3.04. The average Bonchev–Trinajstić information content (AvgIpc) is 2.46. The Hall–Kier alpha value is -0.0800. The van der Waals surface area contributed by atoms with Gasteiger partial charge in [0.15, 0.2) is 0 Å². The van der Waals surface area contributed by atoms with Gasteiger partial charge in [-0.05, 0) is 13.8 Å². The molecule has 2 heteroatoms. The molecule has 0 amide bonds. The Balaban J connectivity index is 2.15. The van der Waals surface area contributed by atoms with Gasteiger partial charge in [0.05, 0.1) is 13.2 Å². The van der Waals surface area contributed by atoms with Gasteiger partial charge in [0, 0.05) is 0 Å². The maximum Gasteiger partial charge on any atom is 0.120 e. The van der Waals surface area contributed by atoms with Crippen LogP contribution in [0.3, 0.4) is 0 Å². The van der Waals surface area contributed by atoms with E-state index in [-0.39, 0.29) is 11.2 Å². The topological polar surface area (TPSA) is 25.1 Å². The number of ether oxygens (including phenoxy) is 2. The predicted molar refractivity (Wildman–Crippen MR) is 28.7 cm³/mol. The summed E-state index contributed by atoms with van der Waals surface area (Å²) in [4.78, 5) is 0. The Kier molecular flexibility index (Phi) is 0.570. The fourth-order valence-electron chi connectivity index (χ4n) is 0.827. The van der Waals surface area contributed by atoms with Crippen molar-refractivity contribution < 1.29 is 9.47 Å². The molecule has 0 aromatic heterocycles. The maximum atomic E-state index is 5.20. The van der Waals surface area contributed by atoms with Crippen LogP contribution in [0.5, 0.6) is 0 Å². The van der Waals surface area contributed by atoms with E-state index in [0.717, 1.165) is 13.2 Å². The van der Waals surface area contributed by atoms with Crippen LogP contribution in [0.4, 0.5) is 0 Å². The molecule has 8 heavy (non-hydrogen) atoms.